The van der Waals surface area contributed by atoms with Crippen LogP contribution in [0.4, 0.5) is 5.69 Å². The molecule has 1 aromatic carbocycles. The predicted molar refractivity (Wildman–Crippen MR) is 71.4 cm³/mol. The van der Waals surface area contributed by atoms with Crippen LogP contribution in [0.2, 0.25) is 0 Å². The first-order chi connectivity index (χ1) is 8.55. The van der Waals surface area contributed by atoms with Gasteiger partial charge in [-0.1, -0.05) is 6.07 Å². The van der Waals surface area contributed by atoms with E-state index in [2.05, 4.69) is 4.90 Å². The second kappa shape index (κ2) is 5.58. The molecular weight excluding hydrogens is 252 g/mol. The third kappa shape index (κ3) is 3.89. The van der Waals surface area contributed by atoms with Crippen molar-refractivity contribution in [2.75, 3.05) is 43.5 Å². The molecule has 1 aliphatic heterocycles. The molecule has 5 nitrogen and oxygen atoms in total. The molecule has 2 N–H and O–H groups in total. The third-order valence-corrected chi connectivity index (χ3v) is 4.58. The number of nitrogens with zero attached hydrogens (tertiary/aromatic N) is 1. The molecule has 0 saturated carbocycles. The molecule has 1 fully saturated rings. The molecule has 0 bridgehead atoms. The Hall–Kier alpha value is -1.27. The summed E-state index contributed by atoms with van der Waals surface area (Å²) in [6, 6.07) is 7.29. The Morgan fingerprint density at radius 2 is 2.00 bits per heavy atom. The van der Waals surface area contributed by atoms with Crippen molar-refractivity contribution in [2.24, 2.45) is 0 Å². The summed E-state index contributed by atoms with van der Waals surface area (Å²) in [5.74, 6) is 1.26. The summed E-state index contributed by atoms with van der Waals surface area (Å²) in [5, 5.41) is 0. The Balaban J connectivity index is 1.73. The van der Waals surface area contributed by atoms with Crippen LogP contribution >= 0.6 is 0 Å². The van der Waals surface area contributed by atoms with E-state index in [0.29, 0.717) is 25.4 Å². The van der Waals surface area contributed by atoms with Crippen LogP contribution in [0.15, 0.2) is 24.3 Å². The van der Waals surface area contributed by atoms with Crippen molar-refractivity contribution in [3.05, 3.63) is 24.3 Å². The zero-order valence-electron chi connectivity index (χ0n) is 10.2. The van der Waals surface area contributed by atoms with Crippen LogP contribution in [0, 0.1) is 0 Å². The van der Waals surface area contributed by atoms with E-state index >= 15 is 0 Å². The van der Waals surface area contributed by atoms with Crippen molar-refractivity contribution < 1.29 is 13.2 Å². The predicted octanol–water partition coefficient (Wildman–Crippen LogP) is 0.378. The fourth-order valence-corrected chi connectivity index (χ4v) is 3.15. The Morgan fingerprint density at radius 3 is 2.67 bits per heavy atom. The van der Waals surface area contributed by atoms with Crippen LogP contribution in [0.25, 0.3) is 0 Å². The van der Waals surface area contributed by atoms with Gasteiger partial charge in [0.2, 0.25) is 0 Å². The first kappa shape index (κ1) is 13.2. The number of benzene rings is 1. The topological polar surface area (TPSA) is 72.6 Å². The second-order valence-corrected chi connectivity index (χ2v) is 6.72. The molecule has 0 unspecified atom stereocenters. The van der Waals surface area contributed by atoms with Gasteiger partial charge in [-0.3, -0.25) is 4.90 Å². The number of anilines is 1. The zero-order valence-corrected chi connectivity index (χ0v) is 11.0. The van der Waals surface area contributed by atoms with Crippen LogP contribution in [0.5, 0.6) is 5.75 Å². The highest BCUT2D eigenvalue weighted by Gasteiger charge is 2.20. The van der Waals surface area contributed by atoms with Crippen LogP contribution in [-0.4, -0.2) is 51.1 Å². The van der Waals surface area contributed by atoms with Gasteiger partial charge in [0.05, 0.1) is 11.5 Å². The van der Waals surface area contributed by atoms with Gasteiger partial charge >= 0.3 is 0 Å². The number of sulfone groups is 1. The highest BCUT2D eigenvalue weighted by Crippen LogP contribution is 2.14. The number of ether oxygens (including phenoxy) is 1. The molecule has 18 heavy (non-hydrogen) atoms. The molecule has 0 amide bonds. The average Bonchev–Trinajstić information content (AvgIpc) is 2.31. The van der Waals surface area contributed by atoms with Crippen LogP contribution in [0.3, 0.4) is 0 Å². The summed E-state index contributed by atoms with van der Waals surface area (Å²) in [4.78, 5) is 2.10. The second-order valence-electron chi connectivity index (χ2n) is 4.41. The zero-order chi connectivity index (χ0) is 13.0. The number of hydrogen-bond donors (Lipinski definition) is 1. The fourth-order valence-electron chi connectivity index (χ4n) is 1.87. The minimum Gasteiger partial charge on any atom is -0.492 e. The van der Waals surface area contributed by atoms with Crippen molar-refractivity contribution in [1.29, 1.82) is 0 Å². The molecular formula is C12H18N2O3S. The minimum atomic E-state index is -2.80. The SMILES string of the molecule is Nc1cccc(OCCN2CCS(=O)(=O)CC2)c1. The van der Waals surface area contributed by atoms with E-state index in [9.17, 15) is 8.42 Å². The van der Waals surface area contributed by atoms with Crippen molar-refractivity contribution in [2.45, 2.75) is 0 Å². The molecule has 0 spiro atoms. The van der Waals surface area contributed by atoms with Crippen molar-refractivity contribution in [1.82, 2.24) is 4.90 Å². The summed E-state index contributed by atoms with van der Waals surface area (Å²) in [6.07, 6.45) is 0. The Bertz CT molecular complexity index is 488. The van der Waals surface area contributed by atoms with E-state index in [1.54, 1.807) is 6.07 Å². The summed E-state index contributed by atoms with van der Waals surface area (Å²) in [5.41, 5.74) is 6.32. The van der Waals surface area contributed by atoms with Gasteiger partial charge in [0.15, 0.2) is 9.84 Å². The molecule has 0 aromatic heterocycles. The van der Waals surface area contributed by atoms with Crippen LogP contribution in [0.1, 0.15) is 0 Å². The van der Waals surface area contributed by atoms with Gasteiger partial charge in [-0.2, -0.15) is 0 Å². The third-order valence-electron chi connectivity index (χ3n) is 2.97. The molecule has 1 heterocycles. The lowest BCUT2D eigenvalue weighted by Gasteiger charge is -2.26. The smallest absolute Gasteiger partial charge is 0.152 e. The maximum atomic E-state index is 11.3. The van der Waals surface area contributed by atoms with E-state index in [1.807, 2.05) is 18.2 Å². The monoisotopic (exact) mass is 270 g/mol. The van der Waals surface area contributed by atoms with Gasteiger partial charge in [-0.15, -0.1) is 0 Å². The van der Waals surface area contributed by atoms with Gasteiger partial charge in [0, 0.05) is 31.4 Å². The maximum absolute atomic E-state index is 11.3. The van der Waals surface area contributed by atoms with Gasteiger partial charge in [-0.25, -0.2) is 8.42 Å². The highest BCUT2D eigenvalue weighted by molar-refractivity contribution is 7.91. The fraction of sp³-hybridized carbons (Fsp3) is 0.500. The molecule has 2 rings (SSSR count). The molecule has 1 aliphatic rings. The molecule has 1 saturated heterocycles. The average molecular weight is 270 g/mol. The van der Waals surface area contributed by atoms with E-state index in [-0.39, 0.29) is 11.5 Å². The summed E-state index contributed by atoms with van der Waals surface area (Å²) < 4.78 is 28.1. The van der Waals surface area contributed by atoms with Crippen molar-refractivity contribution in [3.8, 4) is 5.75 Å². The minimum absolute atomic E-state index is 0.255. The molecule has 0 aliphatic carbocycles. The van der Waals surface area contributed by atoms with Crippen LogP contribution in [-0.2, 0) is 9.84 Å². The molecule has 0 atom stereocenters. The van der Waals surface area contributed by atoms with E-state index in [0.717, 1.165) is 12.3 Å². The van der Waals surface area contributed by atoms with Gasteiger partial charge in [0.1, 0.15) is 12.4 Å². The van der Waals surface area contributed by atoms with Crippen molar-refractivity contribution in [3.63, 3.8) is 0 Å². The summed E-state index contributed by atoms with van der Waals surface area (Å²) >= 11 is 0. The van der Waals surface area contributed by atoms with Crippen molar-refractivity contribution >= 4 is 15.5 Å². The van der Waals surface area contributed by atoms with E-state index in [1.165, 1.54) is 0 Å². The Kier molecular flexibility index (Phi) is 4.08. The molecule has 100 valence electrons. The highest BCUT2D eigenvalue weighted by atomic mass is 32.2. The first-order valence-corrected chi connectivity index (χ1v) is 7.78. The summed E-state index contributed by atoms with van der Waals surface area (Å²) in [6.45, 7) is 2.49. The number of nitrogens with two attached hydrogens (primary N) is 1. The van der Waals surface area contributed by atoms with E-state index in [4.69, 9.17) is 10.5 Å². The summed E-state index contributed by atoms with van der Waals surface area (Å²) in [7, 11) is -2.80. The normalized spacial score (nSPS) is 19.6. The number of nitrogen functional groups attached to an aromatic ring is 1. The standard InChI is InChI=1S/C12H18N2O3S/c13-11-2-1-3-12(10-11)17-7-4-14-5-8-18(15,16)9-6-14/h1-3,10H,4-9,13H2. The number of hydrogen-bond acceptors (Lipinski definition) is 5. The number of rotatable bonds is 4. The molecule has 0 radical (unpaired) electrons. The largest absolute Gasteiger partial charge is 0.492 e. The quantitative estimate of drug-likeness (QED) is 0.801. The maximum Gasteiger partial charge on any atom is 0.152 e. The Morgan fingerprint density at radius 1 is 1.28 bits per heavy atom. The van der Waals surface area contributed by atoms with Gasteiger partial charge in [0.25, 0.3) is 0 Å². The lowest BCUT2D eigenvalue weighted by molar-refractivity contribution is 0.219. The Labute approximate surface area is 107 Å². The first-order valence-electron chi connectivity index (χ1n) is 5.96. The lowest BCUT2D eigenvalue weighted by atomic mass is 10.3. The van der Waals surface area contributed by atoms with Crippen LogP contribution < -0.4 is 10.5 Å². The van der Waals surface area contributed by atoms with E-state index < -0.39 is 9.84 Å². The van der Waals surface area contributed by atoms with Gasteiger partial charge in [-0.05, 0) is 12.1 Å². The van der Waals surface area contributed by atoms with Gasteiger partial charge < -0.3 is 10.5 Å². The molecule has 1 aromatic rings. The molecule has 6 heteroatoms. The lowest BCUT2D eigenvalue weighted by Crippen LogP contribution is -2.42.